The molecule has 0 aromatic heterocycles. The van der Waals surface area contributed by atoms with Crippen LogP contribution in [0.5, 0.6) is 0 Å². The summed E-state index contributed by atoms with van der Waals surface area (Å²) < 4.78 is 31.6. The normalized spacial score (nSPS) is 9.08. The Hall–Kier alpha value is -0.820. The quantitative estimate of drug-likeness (QED) is 0.454. The summed E-state index contributed by atoms with van der Waals surface area (Å²) >= 11 is 0. The molecule has 0 radical (unpaired) electrons. The molecule has 0 amide bonds. The molecule has 1 aromatic rings. The van der Waals surface area contributed by atoms with Gasteiger partial charge in [-0.1, -0.05) is 18.2 Å². The monoisotopic (exact) mass is 227 g/mol. The molecule has 0 atom stereocenters. The van der Waals surface area contributed by atoms with Gasteiger partial charge in [0.25, 0.3) is 0 Å². The zero-order valence-electron chi connectivity index (χ0n) is 6.49. The molecule has 76 valence electrons. The molecule has 0 aliphatic rings. The van der Waals surface area contributed by atoms with Gasteiger partial charge < -0.3 is 5.73 Å². The van der Waals surface area contributed by atoms with Crippen molar-refractivity contribution >= 4 is 28.5 Å². The topological polar surface area (TPSA) is 101 Å². The number of para-hydroxylation sites is 1. The minimum absolute atomic E-state index is 0. The standard InChI is InChI=1S/C6H7N.ClH.H2O4S/c7-6-4-2-1-3-5-6;;1-5(2,3)4/h1-5H,7H2;1H;(H2,1,2,3,4). The highest BCUT2D eigenvalue weighted by Gasteiger charge is 1.84. The zero-order chi connectivity index (χ0) is 9.61. The summed E-state index contributed by atoms with van der Waals surface area (Å²) in [7, 11) is -4.67. The summed E-state index contributed by atoms with van der Waals surface area (Å²) in [6, 6.07) is 9.49. The van der Waals surface area contributed by atoms with Crippen LogP contribution < -0.4 is 5.73 Å². The Morgan fingerprint density at radius 3 is 1.54 bits per heavy atom. The Kier molecular flexibility index (Phi) is 7.54. The number of hydrogen-bond donors (Lipinski definition) is 3. The fraction of sp³-hybridized carbons (Fsp3) is 0. The molecule has 0 heterocycles. The lowest BCUT2D eigenvalue weighted by Gasteiger charge is -1.83. The van der Waals surface area contributed by atoms with Crippen LogP contribution in [0.4, 0.5) is 5.69 Å². The molecule has 0 aliphatic heterocycles. The maximum atomic E-state index is 8.74. The van der Waals surface area contributed by atoms with Crippen LogP contribution in [0.25, 0.3) is 0 Å². The second-order valence-corrected chi connectivity index (χ2v) is 2.75. The molecule has 0 saturated carbocycles. The van der Waals surface area contributed by atoms with Crippen LogP contribution in [0.15, 0.2) is 30.3 Å². The molecule has 1 aromatic carbocycles. The maximum Gasteiger partial charge on any atom is 0.394 e. The van der Waals surface area contributed by atoms with Gasteiger partial charge in [0.2, 0.25) is 0 Å². The van der Waals surface area contributed by atoms with Gasteiger partial charge in [-0.15, -0.1) is 12.4 Å². The Morgan fingerprint density at radius 1 is 1.08 bits per heavy atom. The van der Waals surface area contributed by atoms with Crippen LogP contribution >= 0.6 is 12.4 Å². The first kappa shape index (κ1) is 14.7. The number of anilines is 1. The van der Waals surface area contributed by atoms with E-state index in [9.17, 15) is 0 Å². The Balaban J connectivity index is 0. The molecule has 5 nitrogen and oxygen atoms in total. The second-order valence-electron chi connectivity index (χ2n) is 1.86. The molecular formula is C6H10ClNO4S. The van der Waals surface area contributed by atoms with E-state index < -0.39 is 10.4 Å². The van der Waals surface area contributed by atoms with E-state index in [0.29, 0.717) is 0 Å². The number of halogens is 1. The molecule has 1 rings (SSSR count). The summed E-state index contributed by atoms with van der Waals surface area (Å²) in [6.07, 6.45) is 0. The first-order valence-corrected chi connectivity index (χ1v) is 4.29. The number of hydrogen-bond acceptors (Lipinski definition) is 3. The van der Waals surface area contributed by atoms with Crippen LogP contribution in [0.3, 0.4) is 0 Å². The first-order chi connectivity index (χ1) is 5.39. The highest BCUT2D eigenvalue weighted by Crippen LogP contribution is 1.95. The van der Waals surface area contributed by atoms with Crippen molar-refractivity contribution in [2.75, 3.05) is 5.73 Å². The van der Waals surface area contributed by atoms with E-state index in [0.717, 1.165) is 5.69 Å². The van der Waals surface area contributed by atoms with Crippen molar-refractivity contribution in [2.45, 2.75) is 0 Å². The van der Waals surface area contributed by atoms with E-state index in [-0.39, 0.29) is 12.4 Å². The van der Waals surface area contributed by atoms with Crippen LogP contribution in [0.2, 0.25) is 0 Å². The maximum absolute atomic E-state index is 8.74. The van der Waals surface area contributed by atoms with E-state index in [2.05, 4.69) is 0 Å². The molecule has 0 unspecified atom stereocenters. The van der Waals surface area contributed by atoms with Crippen molar-refractivity contribution < 1.29 is 17.5 Å². The molecule has 0 fully saturated rings. The van der Waals surface area contributed by atoms with E-state index in [1.54, 1.807) is 0 Å². The van der Waals surface area contributed by atoms with Crippen LogP contribution in [-0.4, -0.2) is 17.5 Å². The summed E-state index contributed by atoms with van der Waals surface area (Å²) in [5.74, 6) is 0. The predicted octanol–water partition coefficient (Wildman–Crippen LogP) is 1.04. The van der Waals surface area contributed by atoms with Gasteiger partial charge in [0, 0.05) is 5.69 Å². The predicted molar refractivity (Wildman–Crippen MR) is 52.3 cm³/mol. The fourth-order valence-electron chi connectivity index (χ4n) is 0.453. The SMILES string of the molecule is Cl.Nc1ccccc1.O=S(=O)(O)O. The number of nitrogen functional groups attached to an aromatic ring is 1. The van der Waals surface area contributed by atoms with Crippen molar-refractivity contribution in [3.05, 3.63) is 30.3 Å². The van der Waals surface area contributed by atoms with E-state index in [1.807, 2.05) is 30.3 Å². The van der Waals surface area contributed by atoms with E-state index in [1.165, 1.54) is 0 Å². The van der Waals surface area contributed by atoms with Gasteiger partial charge in [0.05, 0.1) is 0 Å². The summed E-state index contributed by atoms with van der Waals surface area (Å²) in [6.45, 7) is 0. The van der Waals surface area contributed by atoms with Crippen molar-refractivity contribution in [1.82, 2.24) is 0 Å². The lowest BCUT2D eigenvalue weighted by Crippen LogP contribution is -1.89. The summed E-state index contributed by atoms with van der Waals surface area (Å²) in [5, 5.41) is 0. The van der Waals surface area contributed by atoms with Crippen LogP contribution in [-0.2, 0) is 10.4 Å². The van der Waals surface area contributed by atoms with Gasteiger partial charge in [0.1, 0.15) is 0 Å². The lowest BCUT2D eigenvalue weighted by atomic mass is 10.3. The molecule has 13 heavy (non-hydrogen) atoms. The van der Waals surface area contributed by atoms with Gasteiger partial charge in [0.15, 0.2) is 0 Å². The number of benzene rings is 1. The largest absolute Gasteiger partial charge is 0.399 e. The highest BCUT2D eigenvalue weighted by atomic mass is 35.5. The third kappa shape index (κ3) is 18.3. The van der Waals surface area contributed by atoms with Crippen molar-refractivity contribution in [2.24, 2.45) is 0 Å². The third-order valence-corrected chi connectivity index (χ3v) is 0.800. The van der Waals surface area contributed by atoms with E-state index >= 15 is 0 Å². The molecular weight excluding hydrogens is 218 g/mol. The first-order valence-electron chi connectivity index (χ1n) is 2.90. The summed E-state index contributed by atoms with van der Waals surface area (Å²) in [4.78, 5) is 0. The van der Waals surface area contributed by atoms with Crippen LogP contribution in [0, 0.1) is 0 Å². The molecule has 0 spiro atoms. The summed E-state index contributed by atoms with van der Waals surface area (Å²) in [5.41, 5.74) is 6.18. The lowest BCUT2D eigenvalue weighted by molar-refractivity contribution is 0.381. The van der Waals surface area contributed by atoms with Gasteiger partial charge in [-0.25, -0.2) is 0 Å². The highest BCUT2D eigenvalue weighted by molar-refractivity contribution is 7.79. The minimum atomic E-state index is -4.67. The second kappa shape index (κ2) is 6.67. The average Bonchev–Trinajstić information content (AvgIpc) is 1.85. The van der Waals surface area contributed by atoms with Gasteiger partial charge >= 0.3 is 10.4 Å². The molecule has 4 N–H and O–H groups in total. The number of nitrogens with two attached hydrogens (primary N) is 1. The van der Waals surface area contributed by atoms with Gasteiger partial charge in [-0.05, 0) is 12.1 Å². The van der Waals surface area contributed by atoms with Crippen molar-refractivity contribution in [3.63, 3.8) is 0 Å². The third-order valence-electron chi connectivity index (χ3n) is 0.800. The zero-order valence-corrected chi connectivity index (χ0v) is 8.12. The van der Waals surface area contributed by atoms with Crippen molar-refractivity contribution in [3.8, 4) is 0 Å². The number of rotatable bonds is 0. The molecule has 0 saturated heterocycles. The minimum Gasteiger partial charge on any atom is -0.399 e. The Bertz CT molecular complexity index is 305. The molecule has 0 aliphatic carbocycles. The smallest absolute Gasteiger partial charge is 0.394 e. The fourth-order valence-corrected chi connectivity index (χ4v) is 0.453. The molecule has 0 bridgehead atoms. The average molecular weight is 228 g/mol. The van der Waals surface area contributed by atoms with Gasteiger partial charge in [-0.2, -0.15) is 8.42 Å². The molecule has 7 heteroatoms. The van der Waals surface area contributed by atoms with Gasteiger partial charge in [-0.3, -0.25) is 9.11 Å². The Labute approximate surface area is 82.6 Å². The van der Waals surface area contributed by atoms with E-state index in [4.69, 9.17) is 23.3 Å². The van der Waals surface area contributed by atoms with Crippen LogP contribution in [0.1, 0.15) is 0 Å². The van der Waals surface area contributed by atoms with Crippen molar-refractivity contribution in [1.29, 1.82) is 0 Å². The Morgan fingerprint density at radius 2 is 1.38 bits per heavy atom.